The van der Waals surface area contributed by atoms with Crippen molar-refractivity contribution in [3.8, 4) is 28.0 Å². The van der Waals surface area contributed by atoms with Gasteiger partial charge in [0.15, 0.2) is 0 Å². The van der Waals surface area contributed by atoms with Crippen molar-refractivity contribution in [1.82, 2.24) is 29.7 Å². The summed E-state index contributed by atoms with van der Waals surface area (Å²) in [5.74, 6) is 0.872. The molecule has 9 rings (SSSR count). The van der Waals surface area contributed by atoms with Gasteiger partial charge in [-0.05, 0) is 120 Å². The Balaban J connectivity index is 0.000000190. The molecule has 9 nitrogen and oxygen atoms in total. The number of carbonyl (C=O) groups is 1. The molecule has 2 saturated heterocycles. The lowest BCUT2D eigenvalue weighted by Gasteiger charge is -2.31. The molecule has 9 heteroatoms. The van der Waals surface area contributed by atoms with Gasteiger partial charge in [0.25, 0.3) is 0 Å². The van der Waals surface area contributed by atoms with Crippen LogP contribution in [0.1, 0.15) is 88.2 Å². The minimum Gasteiger partial charge on any atom is -0.497 e. The van der Waals surface area contributed by atoms with Crippen LogP contribution in [-0.2, 0) is 4.74 Å². The van der Waals surface area contributed by atoms with Gasteiger partial charge in [0.05, 0.1) is 12.6 Å². The monoisotopic (exact) mass is 760 g/mol. The maximum Gasteiger partial charge on any atom is 0.419 e. The van der Waals surface area contributed by atoms with Crippen LogP contribution in [0.3, 0.4) is 0 Å². The highest BCUT2D eigenvalue weighted by Crippen LogP contribution is 2.40. The molecule has 2 aliphatic heterocycles. The average Bonchev–Trinajstić information content (AvgIpc) is 4.07. The number of para-hydroxylation sites is 2. The highest BCUT2D eigenvalue weighted by Gasteiger charge is 2.31. The Kier molecular flexibility index (Phi) is 10.9. The summed E-state index contributed by atoms with van der Waals surface area (Å²) in [6.07, 6.45) is 16.1. The van der Waals surface area contributed by atoms with Crippen LogP contribution < -0.4 is 10.1 Å². The Morgan fingerprint density at radius 3 is 2.26 bits per heavy atom. The number of pyridine rings is 2. The van der Waals surface area contributed by atoms with E-state index < -0.39 is 5.60 Å². The van der Waals surface area contributed by atoms with E-state index in [9.17, 15) is 4.79 Å². The number of H-pyrrole nitrogens is 1. The van der Waals surface area contributed by atoms with Gasteiger partial charge >= 0.3 is 6.09 Å². The largest absolute Gasteiger partial charge is 0.497 e. The molecule has 7 aromatic rings. The van der Waals surface area contributed by atoms with Crippen LogP contribution in [0.25, 0.3) is 44.1 Å². The minimum absolute atomic E-state index is 0.274. The SMILES string of the molecule is COc1ccc(C(C)N2CCC[C@H]2c2cncc(-c3cn(C(=O)OC(C)(C)C)c4ccccc34)c2)cc1.c1ccc2c(-c3cncc([C@@H]4CCCN4)c3)c[nH]c2c1. The lowest BCUT2D eigenvalue weighted by molar-refractivity contribution is 0.0544. The molecule has 3 aromatic carbocycles. The molecule has 0 aliphatic carbocycles. The zero-order chi connectivity index (χ0) is 39.5. The van der Waals surface area contributed by atoms with Gasteiger partial charge in [-0.1, -0.05) is 48.5 Å². The number of fused-ring (bicyclic) bond motifs is 2. The molecular formula is C48H52N6O3. The van der Waals surface area contributed by atoms with Gasteiger partial charge < -0.3 is 19.8 Å². The fraction of sp³-hybridized carbons (Fsp3) is 0.312. The van der Waals surface area contributed by atoms with Gasteiger partial charge in [0.1, 0.15) is 11.4 Å². The third kappa shape index (κ3) is 8.22. The number of nitrogens with zero attached hydrogens (tertiary/aromatic N) is 4. The number of nitrogens with one attached hydrogen (secondary N) is 2. The van der Waals surface area contributed by atoms with Crippen molar-refractivity contribution in [2.45, 2.75) is 77.1 Å². The Morgan fingerprint density at radius 2 is 1.53 bits per heavy atom. The lowest BCUT2D eigenvalue weighted by Crippen LogP contribution is -2.26. The standard InChI is InChI=1S/C31H35N3O3.C17H17N3/c1-21(22-12-14-25(36-5)15-13-22)33-16-8-11-28(33)24-17-23(18-32-19-24)27-20-34(30(35)37-31(2,3)4)29-10-7-6-9-26(27)29;1-2-5-17-14(4-1)15(11-20-17)12-8-13(10-18-9-12)16-6-3-7-19-16/h6-7,9-10,12-15,17-21,28H,8,11,16H2,1-5H3;1-2,4-5,8-11,16,19-20H,3,6-7H2/t21?,28-;16-/m00/s1. The highest BCUT2D eigenvalue weighted by molar-refractivity contribution is 6.00. The van der Waals surface area contributed by atoms with Gasteiger partial charge in [0, 0.05) is 93.8 Å². The van der Waals surface area contributed by atoms with Crippen molar-refractivity contribution >= 4 is 27.9 Å². The van der Waals surface area contributed by atoms with E-state index in [4.69, 9.17) is 9.47 Å². The molecule has 0 bridgehead atoms. The summed E-state index contributed by atoms with van der Waals surface area (Å²) in [5.41, 5.74) is 9.59. The molecule has 6 heterocycles. The van der Waals surface area contributed by atoms with Crippen LogP contribution in [0, 0.1) is 0 Å². The Labute approximate surface area is 335 Å². The van der Waals surface area contributed by atoms with E-state index in [1.54, 1.807) is 11.7 Å². The van der Waals surface area contributed by atoms with Crippen molar-refractivity contribution < 1.29 is 14.3 Å². The van der Waals surface area contributed by atoms with Gasteiger partial charge in [-0.25, -0.2) is 4.79 Å². The average molecular weight is 761 g/mol. The molecule has 4 aromatic heterocycles. The fourth-order valence-electron chi connectivity index (χ4n) is 8.42. The third-order valence-electron chi connectivity index (χ3n) is 11.3. The van der Waals surface area contributed by atoms with Gasteiger partial charge in [-0.2, -0.15) is 0 Å². The van der Waals surface area contributed by atoms with Crippen molar-refractivity contribution in [1.29, 1.82) is 0 Å². The lowest BCUT2D eigenvalue weighted by atomic mass is 9.99. The molecule has 0 amide bonds. The summed E-state index contributed by atoms with van der Waals surface area (Å²) in [4.78, 5) is 28.0. The number of aromatic amines is 1. The maximum absolute atomic E-state index is 13.0. The first-order chi connectivity index (χ1) is 27.7. The van der Waals surface area contributed by atoms with Crippen molar-refractivity contribution in [2.24, 2.45) is 0 Å². The van der Waals surface area contributed by atoms with Gasteiger partial charge in [0.2, 0.25) is 0 Å². The predicted octanol–water partition coefficient (Wildman–Crippen LogP) is 11.0. The van der Waals surface area contributed by atoms with E-state index in [2.05, 4.69) is 86.8 Å². The molecule has 292 valence electrons. The summed E-state index contributed by atoms with van der Waals surface area (Å²) in [6.45, 7) is 10.1. The van der Waals surface area contributed by atoms with Crippen LogP contribution in [0.15, 0.2) is 122 Å². The smallest absolute Gasteiger partial charge is 0.419 e. The van der Waals surface area contributed by atoms with E-state index >= 15 is 0 Å². The molecule has 2 N–H and O–H groups in total. The highest BCUT2D eigenvalue weighted by atomic mass is 16.6. The molecule has 3 atom stereocenters. The van der Waals surface area contributed by atoms with Crippen LogP contribution in [0.2, 0.25) is 0 Å². The second-order valence-corrected chi connectivity index (χ2v) is 16.2. The molecule has 57 heavy (non-hydrogen) atoms. The minimum atomic E-state index is -0.573. The van der Waals surface area contributed by atoms with E-state index in [1.807, 2.05) is 88.2 Å². The third-order valence-corrected chi connectivity index (χ3v) is 11.3. The molecule has 1 unspecified atom stereocenters. The van der Waals surface area contributed by atoms with Crippen molar-refractivity contribution in [3.05, 3.63) is 139 Å². The van der Waals surface area contributed by atoms with Crippen molar-refractivity contribution in [3.63, 3.8) is 0 Å². The second kappa shape index (κ2) is 16.4. The van der Waals surface area contributed by atoms with Crippen LogP contribution in [-0.4, -0.2) is 56.3 Å². The fourth-order valence-corrected chi connectivity index (χ4v) is 8.42. The summed E-state index contributed by atoms with van der Waals surface area (Å²) in [5, 5.41) is 5.79. The molecule has 2 aliphatic rings. The van der Waals surface area contributed by atoms with Crippen LogP contribution in [0.5, 0.6) is 5.75 Å². The summed E-state index contributed by atoms with van der Waals surface area (Å²) < 4.78 is 12.6. The molecular weight excluding hydrogens is 709 g/mol. The number of benzene rings is 3. The van der Waals surface area contributed by atoms with E-state index in [1.165, 1.54) is 51.6 Å². The number of methoxy groups -OCH3 is 1. The maximum atomic E-state index is 13.0. The van der Waals surface area contributed by atoms with E-state index in [-0.39, 0.29) is 18.2 Å². The Morgan fingerprint density at radius 1 is 0.825 bits per heavy atom. The Hall–Kier alpha value is -5.77. The quantitative estimate of drug-likeness (QED) is 0.167. The number of carbonyl (C=O) groups excluding carboxylic acids is 1. The summed E-state index contributed by atoms with van der Waals surface area (Å²) in [6, 6.07) is 30.2. The molecule has 0 radical (unpaired) electrons. The number of hydrogen-bond acceptors (Lipinski definition) is 7. The van der Waals surface area contributed by atoms with Crippen molar-refractivity contribution in [2.75, 3.05) is 20.2 Å². The number of likely N-dealkylation sites (tertiary alicyclic amines) is 1. The summed E-state index contributed by atoms with van der Waals surface area (Å²) in [7, 11) is 1.69. The number of hydrogen-bond donors (Lipinski definition) is 2. The van der Waals surface area contributed by atoms with Gasteiger partial charge in [-0.15, -0.1) is 0 Å². The van der Waals surface area contributed by atoms with Crippen LogP contribution >= 0.6 is 0 Å². The van der Waals surface area contributed by atoms with Crippen LogP contribution in [0.4, 0.5) is 4.79 Å². The normalized spacial score (nSPS) is 17.7. The number of aromatic nitrogens is 4. The first kappa shape index (κ1) is 38.1. The zero-order valence-corrected chi connectivity index (χ0v) is 33.5. The van der Waals surface area contributed by atoms with E-state index in [0.29, 0.717) is 6.04 Å². The second-order valence-electron chi connectivity index (χ2n) is 16.2. The molecule has 0 spiro atoms. The summed E-state index contributed by atoms with van der Waals surface area (Å²) >= 11 is 0. The number of ether oxygens (including phenoxy) is 2. The topological polar surface area (TPSA) is 97.3 Å². The predicted molar refractivity (Wildman–Crippen MR) is 228 cm³/mol. The molecule has 0 saturated carbocycles. The van der Waals surface area contributed by atoms with E-state index in [0.717, 1.165) is 53.7 Å². The first-order valence-corrected chi connectivity index (χ1v) is 20.1. The molecule has 2 fully saturated rings. The first-order valence-electron chi connectivity index (χ1n) is 20.1. The number of rotatable bonds is 7. The zero-order valence-electron chi connectivity index (χ0n) is 33.5. The Bertz CT molecular complexity index is 2470. The van der Waals surface area contributed by atoms with Gasteiger partial charge in [-0.3, -0.25) is 19.4 Å².